The molecule has 0 bridgehead atoms. The normalized spacial score (nSPS) is 11.9. The van der Waals surface area contributed by atoms with Crippen molar-refractivity contribution >= 4 is 34.8 Å². The van der Waals surface area contributed by atoms with Crippen molar-refractivity contribution < 1.29 is 0 Å². The Balaban J connectivity index is 2.04. The van der Waals surface area contributed by atoms with Gasteiger partial charge in [0.05, 0.1) is 14.9 Å². The highest BCUT2D eigenvalue weighted by atomic mass is 35.5. The Hall–Kier alpha value is 0.0900. The maximum atomic E-state index is 6.56. The third-order valence-electron chi connectivity index (χ3n) is 6.12. The van der Waals surface area contributed by atoms with Gasteiger partial charge in [0.15, 0.2) is 0 Å². The molecule has 0 aromatic heterocycles. The summed E-state index contributed by atoms with van der Waals surface area (Å²) in [5, 5.41) is 1.32. The maximum absolute atomic E-state index is 6.56. The fourth-order valence-electron chi connectivity index (χ4n) is 4.24. The molecule has 0 heterocycles. The van der Waals surface area contributed by atoms with Gasteiger partial charge in [-0.3, -0.25) is 0 Å². The maximum Gasteiger partial charge on any atom is 0.0641 e. The molecule has 0 aliphatic carbocycles. The minimum absolute atomic E-state index is 0.418. The van der Waals surface area contributed by atoms with Gasteiger partial charge < -0.3 is 0 Å². The molecule has 0 saturated carbocycles. The molecule has 30 heavy (non-hydrogen) atoms. The average molecular weight is 476 g/mol. The summed E-state index contributed by atoms with van der Waals surface area (Å²) in [6.07, 6.45) is 23.1. The van der Waals surface area contributed by atoms with E-state index >= 15 is 0 Å². The monoisotopic (exact) mass is 474 g/mol. The van der Waals surface area contributed by atoms with Crippen LogP contribution in [0.4, 0.5) is 0 Å². The SMILES string of the molecule is CCCCCCCCCCCCCCCCCCc1c(C(C)(C)Cl)ccc(Cl)c1Cl. The number of unbranched alkanes of at least 4 members (excludes halogenated alkanes) is 15. The van der Waals surface area contributed by atoms with Gasteiger partial charge >= 0.3 is 0 Å². The van der Waals surface area contributed by atoms with Crippen LogP contribution in [0.15, 0.2) is 12.1 Å². The summed E-state index contributed by atoms with van der Waals surface area (Å²) in [7, 11) is 0. The Morgan fingerprint density at radius 2 is 1.03 bits per heavy atom. The number of hydrogen-bond donors (Lipinski definition) is 0. The molecule has 0 nitrogen and oxygen atoms in total. The van der Waals surface area contributed by atoms with Crippen molar-refractivity contribution in [2.75, 3.05) is 0 Å². The Morgan fingerprint density at radius 3 is 1.43 bits per heavy atom. The van der Waals surface area contributed by atoms with Crippen LogP contribution < -0.4 is 0 Å². The molecule has 0 fully saturated rings. The van der Waals surface area contributed by atoms with Crippen molar-refractivity contribution in [3.05, 3.63) is 33.3 Å². The summed E-state index contributed by atoms with van der Waals surface area (Å²) in [5.41, 5.74) is 2.24. The zero-order chi connectivity index (χ0) is 22.2. The second kappa shape index (κ2) is 16.7. The summed E-state index contributed by atoms with van der Waals surface area (Å²) in [6, 6.07) is 3.89. The first-order chi connectivity index (χ1) is 14.4. The molecule has 1 aromatic carbocycles. The number of rotatable bonds is 18. The van der Waals surface area contributed by atoms with Crippen LogP contribution in [0.5, 0.6) is 0 Å². The van der Waals surface area contributed by atoms with Crippen LogP contribution in [0, 0.1) is 0 Å². The first kappa shape index (κ1) is 28.1. The lowest BCUT2D eigenvalue weighted by Crippen LogP contribution is -2.12. The van der Waals surface area contributed by atoms with Gasteiger partial charge in [-0.05, 0) is 43.9 Å². The van der Waals surface area contributed by atoms with E-state index in [0.717, 1.165) is 24.0 Å². The van der Waals surface area contributed by atoms with Gasteiger partial charge in [0.1, 0.15) is 0 Å². The molecule has 0 aliphatic heterocycles. The quantitative estimate of drug-likeness (QED) is 0.146. The van der Waals surface area contributed by atoms with Gasteiger partial charge in [0.25, 0.3) is 0 Å². The minimum Gasteiger partial charge on any atom is -0.115 e. The van der Waals surface area contributed by atoms with Crippen LogP contribution in [0.3, 0.4) is 0 Å². The van der Waals surface area contributed by atoms with Crippen molar-refractivity contribution in [1.82, 2.24) is 0 Å². The molecule has 0 saturated heterocycles. The fourth-order valence-corrected chi connectivity index (χ4v) is 4.86. The van der Waals surface area contributed by atoms with E-state index in [9.17, 15) is 0 Å². The molecule has 0 aliphatic rings. The molecule has 0 amide bonds. The predicted octanol–water partition coefficient (Wildman–Crippen LogP) is 11.3. The van der Waals surface area contributed by atoms with E-state index in [1.807, 2.05) is 26.0 Å². The molecule has 0 spiro atoms. The lowest BCUT2D eigenvalue weighted by molar-refractivity contribution is 0.529. The van der Waals surface area contributed by atoms with Crippen molar-refractivity contribution in [3.63, 3.8) is 0 Å². The summed E-state index contributed by atoms with van der Waals surface area (Å²) in [5.74, 6) is 0. The predicted molar refractivity (Wildman–Crippen MR) is 139 cm³/mol. The number of halogens is 3. The average Bonchev–Trinajstić information content (AvgIpc) is 2.69. The molecular formula is C27H45Cl3. The van der Waals surface area contributed by atoms with Gasteiger partial charge in [-0.15, -0.1) is 11.6 Å². The molecule has 0 unspecified atom stereocenters. The molecule has 3 heteroatoms. The van der Waals surface area contributed by atoms with Crippen molar-refractivity contribution in [2.45, 2.75) is 135 Å². The second-order valence-electron chi connectivity index (χ2n) is 9.41. The topological polar surface area (TPSA) is 0 Å². The molecule has 0 radical (unpaired) electrons. The van der Waals surface area contributed by atoms with Crippen LogP contribution in [0.1, 0.15) is 135 Å². The molecule has 1 aromatic rings. The van der Waals surface area contributed by atoms with Crippen LogP contribution >= 0.6 is 34.8 Å². The largest absolute Gasteiger partial charge is 0.115 e. The summed E-state index contributed by atoms with van der Waals surface area (Å²) < 4.78 is 0. The highest BCUT2D eigenvalue weighted by Gasteiger charge is 2.22. The minimum atomic E-state index is -0.418. The smallest absolute Gasteiger partial charge is 0.0641 e. The molecule has 1 rings (SSSR count). The van der Waals surface area contributed by atoms with Crippen LogP contribution in [-0.4, -0.2) is 0 Å². The number of hydrogen-bond acceptors (Lipinski definition) is 0. The third-order valence-corrected chi connectivity index (χ3v) is 7.16. The van der Waals surface area contributed by atoms with E-state index in [2.05, 4.69) is 6.92 Å². The van der Waals surface area contributed by atoms with Crippen molar-refractivity contribution in [1.29, 1.82) is 0 Å². The van der Waals surface area contributed by atoms with E-state index in [0.29, 0.717) is 10.0 Å². The lowest BCUT2D eigenvalue weighted by atomic mass is 9.93. The first-order valence-corrected chi connectivity index (χ1v) is 13.7. The van der Waals surface area contributed by atoms with Crippen LogP contribution in [0.2, 0.25) is 10.0 Å². The van der Waals surface area contributed by atoms with Gasteiger partial charge in [-0.25, -0.2) is 0 Å². The molecular weight excluding hydrogens is 431 g/mol. The van der Waals surface area contributed by atoms with Gasteiger partial charge in [-0.1, -0.05) is 133 Å². The lowest BCUT2D eigenvalue weighted by Gasteiger charge is -2.22. The molecule has 0 atom stereocenters. The Bertz CT molecular complexity index is 560. The number of benzene rings is 1. The highest BCUT2D eigenvalue weighted by Crippen LogP contribution is 2.38. The van der Waals surface area contributed by atoms with E-state index in [-0.39, 0.29) is 0 Å². The first-order valence-electron chi connectivity index (χ1n) is 12.5. The van der Waals surface area contributed by atoms with Crippen molar-refractivity contribution in [3.8, 4) is 0 Å². The fraction of sp³-hybridized carbons (Fsp3) is 0.778. The highest BCUT2D eigenvalue weighted by molar-refractivity contribution is 6.42. The van der Waals surface area contributed by atoms with E-state index in [1.54, 1.807) is 0 Å². The third kappa shape index (κ3) is 12.2. The molecule has 0 N–H and O–H groups in total. The Kier molecular flexibility index (Phi) is 15.6. The zero-order valence-electron chi connectivity index (χ0n) is 19.8. The molecule has 174 valence electrons. The van der Waals surface area contributed by atoms with Gasteiger partial charge in [-0.2, -0.15) is 0 Å². The van der Waals surface area contributed by atoms with E-state index < -0.39 is 4.87 Å². The number of alkyl halides is 1. The second-order valence-corrected chi connectivity index (χ2v) is 11.1. The van der Waals surface area contributed by atoms with Gasteiger partial charge in [0, 0.05) is 0 Å². The summed E-state index contributed by atoms with van der Waals surface area (Å²) >= 11 is 19.3. The Morgan fingerprint density at radius 1 is 0.633 bits per heavy atom. The van der Waals surface area contributed by atoms with Gasteiger partial charge in [0.2, 0.25) is 0 Å². The van der Waals surface area contributed by atoms with E-state index in [1.165, 1.54) is 96.3 Å². The Labute approximate surface area is 202 Å². The van der Waals surface area contributed by atoms with E-state index in [4.69, 9.17) is 34.8 Å². The van der Waals surface area contributed by atoms with Crippen LogP contribution in [-0.2, 0) is 11.3 Å². The zero-order valence-corrected chi connectivity index (χ0v) is 22.1. The standard InChI is InChI=1S/C27H45Cl3/c1-4-5-6-7-8-9-10-11-12-13-14-15-16-17-18-19-20-23-24(27(2,3)30)21-22-25(28)26(23)29/h21-22H,4-20H2,1-3H3. The summed E-state index contributed by atoms with van der Waals surface area (Å²) in [6.45, 7) is 6.33. The van der Waals surface area contributed by atoms with Crippen molar-refractivity contribution in [2.24, 2.45) is 0 Å². The van der Waals surface area contributed by atoms with Crippen LogP contribution in [0.25, 0.3) is 0 Å². The summed E-state index contributed by atoms with van der Waals surface area (Å²) in [4.78, 5) is -0.418.